The number of anilines is 1. The number of carbonyl (C=O) groups is 3. The summed E-state index contributed by atoms with van der Waals surface area (Å²) in [6.07, 6.45) is 1.77. The lowest BCUT2D eigenvalue weighted by Gasteiger charge is -2.35. The van der Waals surface area contributed by atoms with Crippen LogP contribution < -0.4 is 4.90 Å². The van der Waals surface area contributed by atoms with E-state index in [-0.39, 0.29) is 23.8 Å². The zero-order chi connectivity index (χ0) is 18.3. The number of ether oxygens (including phenoxy) is 1. The van der Waals surface area contributed by atoms with Gasteiger partial charge in [-0.15, -0.1) is 0 Å². The van der Waals surface area contributed by atoms with E-state index in [1.807, 2.05) is 12.1 Å². The topological polar surface area (TPSA) is 70.2 Å². The Morgan fingerprint density at radius 2 is 1.85 bits per heavy atom. The van der Waals surface area contributed by atoms with E-state index < -0.39 is 0 Å². The summed E-state index contributed by atoms with van der Waals surface area (Å²) in [5, 5.41) is 0. The van der Waals surface area contributed by atoms with Crippen LogP contribution in [0.2, 0.25) is 0 Å². The molecule has 1 unspecified atom stereocenters. The van der Waals surface area contributed by atoms with Gasteiger partial charge in [-0.2, -0.15) is 0 Å². The lowest BCUT2D eigenvalue weighted by Crippen LogP contribution is -2.52. The van der Waals surface area contributed by atoms with Gasteiger partial charge in [0.15, 0.2) is 0 Å². The normalized spacial score (nSPS) is 22.7. The fourth-order valence-corrected chi connectivity index (χ4v) is 3.89. The summed E-state index contributed by atoms with van der Waals surface area (Å²) < 4.78 is 5.47. The van der Waals surface area contributed by atoms with Gasteiger partial charge in [0, 0.05) is 51.1 Å². The van der Waals surface area contributed by atoms with E-state index in [0.29, 0.717) is 44.8 Å². The SMILES string of the molecule is CN1C(=O)Cc2cc(C(=O)N3CCN(C(=O)C4CCCO4)CC3)ccc21. The van der Waals surface area contributed by atoms with Crippen LogP contribution in [-0.4, -0.2) is 73.5 Å². The summed E-state index contributed by atoms with van der Waals surface area (Å²) in [6, 6.07) is 5.44. The molecule has 1 aromatic carbocycles. The number of likely N-dealkylation sites (N-methyl/N-ethyl adjacent to an activating group) is 1. The van der Waals surface area contributed by atoms with Crippen LogP contribution in [0.25, 0.3) is 0 Å². The largest absolute Gasteiger partial charge is 0.368 e. The summed E-state index contributed by atoms with van der Waals surface area (Å²) in [4.78, 5) is 42.2. The van der Waals surface area contributed by atoms with Crippen LogP contribution in [0, 0.1) is 0 Å². The highest BCUT2D eigenvalue weighted by atomic mass is 16.5. The molecule has 4 rings (SSSR count). The number of benzene rings is 1. The van der Waals surface area contributed by atoms with Gasteiger partial charge in [-0.1, -0.05) is 0 Å². The van der Waals surface area contributed by atoms with Crippen molar-refractivity contribution in [3.05, 3.63) is 29.3 Å². The summed E-state index contributed by atoms with van der Waals surface area (Å²) >= 11 is 0. The van der Waals surface area contributed by atoms with Crippen molar-refractivity contribution in [2.75, 3.05) is 44.7 Å². The Kier molecular flexibility index (Phi) is 4.40. The van der Waals surface area contributed by atoms with Crippen LogP contribution >= 0.6 is 0 Å². The maximum atomic E-state index is 12.8. The van der Waals surface area contributed by atoms with Crippen molar-refractivity contribution in [3.63, 3.8) is 0 Å². The molecule has 0 saturated carbocycles. The van der Waals surface area contributed by atoms with Crippen LogP contribution in [0.5, 0.6) is 0 Å². The van der Waals surface area contributed by atoms with E-state index in [1.165, 1.54) is 0 Å². The Bertz CT molecular complexity index is 749. The standard InChI is InChI=1S/C19H23N3O4/c1-20-15-5-4-13(11-14(15)12-17(20)23)18(24)21-6-8-22(9-7-21)19(25)16-3-2-10-26-16/h4-5,11,16H,2-3,6-10,12H2,1H3. The minimum atomic E-state index is -0.302. The Labute approximate surface area is 152 Å². The number of piperazine rings is 1. The second kappa shape index (κ2) is 6.72. The average Bonchev–Trinajstić information content (AvgIpc) is 3.29. The number of nitrogens with zero attached hydrogens (tertiary/aromatic N) is 3. The molecule has 0 radical (unpaired) electrons. The lowest BCUT2D eigenvalue weighted by molar-refractivity contribution is -0.142. The molecule has 2 fully saturated rings. The zero-order valence-corrected chi connectivity index (χ0v) is 14.9. The number of hydrogen-bond donors (Lipinski definition) is 0. The van der Waals surface area contributed by atoms with E-state index >= 15 is 0 Å². The number of rotatable bonds is 2. The Balaban J connectivity index is 1.39. The molecular weight excluding hydrogens is 334 g/mol. The van der Waals surface area contributed by atoms with E-state index in [4.69, 9.17) is 4.74 Å². The summed E-state index contributed by atoms with van der Waals surface area (Å²) in [7, 11) is 1.75. The fraction of sp³-hybridized carbons (Fsp3) is 0.526. The molecule has 1 atom stereocenters. The predicted octanol–water partition coefficient (Wildman–Crippen LogP) is 0.669. The molecule has 3 aliphatic heterocycles. The van der Waals surface area contributed by atoms with Crippen LogP contribution in [0.3, 0.4) is 0 Å². The molecule has 0 bridgehead atoms. The fourth-order valence-electron chi connectivity index (χ4n) is 3.89. The first-order valence-electron chi connectivity index (χ1n) is 9.14. The molecule has 7 heteroatoms. The molecule has 26 heavy (non-hydrogen) atoms. The first-order valence-corrected chi connectivity index (χ1v) is 9.14. The van der Waals surface area contributed by atoms with Gasteiger partial charge >= 0.3 is 0 Å². The molecule has 0 aliphatic carbocycles. The third kappa shape index (κ3) is 2.96. The molecule has 138 valence electrons. The Morgan fingerprint density at radius 3 is 2.54 bits per heavy atom. The average molecular weight is 357 g/mol. The van der Waals surface area contributed by atoms with Crippen molar-refractivity contribution in [2.24, 2.45) is 0 Å². The molecular formula is C19H23N3O4. The molecule has 1 aromatic rings. The predicted molar refractivity (Wildman–Crippen MR) is 95.0 cm³/mol. The summed E-state index contributed by atoms with van der Waals surface area (Å²) in [6.45, 7) is 2.78. The van der Waals surface area contributed by atoms with E-state index in [0.717, 1.165) is 24.1 Å². The first-order chi connectivity index (χ1) is 12.5. The van der Waals surface area contributed by atoms with Crippen LogP contribution in [0.15, 0.2) is 18.2 Å². The molecule has 3 heterocycles. The van der Waals surface area contributed by atoms with Crippen molar-refractivity contribution >= 4 is 23.4 Å². The highest BCUT2D eigenvalue weighted by Gasteiger charge is 2.32. The molecule has 0 N–H and O–H groups in total. The molecule has 7 nitrogen and oxygen atoms in total. The number of hydrogen-bond acceptors (Lipinski definition) is 4. The van der Waals surface area contributed by atoms with Crippen molar-refractivity contribution in [1.29, 1.82) is 0 Å². The quantitative estimate of drug-likeness (QED) is 0.780. The minimum Gasteiger partial charge on any atom is -0.368 e. The van der Waals surface area contributed by atoms with Gasteiger partial charge in [0.1, 0.15) is 6.10 Å². The van der Waals surface area contributed by atoms with Gasteiger partial charge < -0.3 is 19.4 Å². The van der Waals surface area contributed by atoms with Gasteiger partial charge in [0.2, 0.25) is 5.91 Å². The van der Waals surface area contributed by atoms with Gasteiger partial charge in [-0.05, 0) is 36.6 Å². The monoisotopic (exact) mass is 357 g/mol. The van der Waals surface area contributed by atoms with Gasteiger partial charge in [0.05, 0.1) is 6.42 Å². The number of carbonyl (C=O) groups excluding carboxylic acids is 3. The van der Waals surface area contributed by atoms with Gasteiger partial charge in [-0.3, -0.25) is 14.4 Å². The Morgan fingerprint density at radius 1 is 1.12 bits per heavy atom. The summed E-state index contributed by atoms with van der Waals surface area (Å²) in [5.74, 6) is 0.0542. The smallest absolute Gasteiger partial charge is 0.253 e. The maximum Gasteiger partial charge on any atom is 0.253 e. The van der Waals surface area contributed by atoms with Crippen molar-refractivity contribution in [2.45, 2.75) is 25.4 Å². The van der Waals surface area contributed by atoms with E-state index in [1.54, 1.807) is 27.8 Å². The lowest BCUT2D eigenvalue weighted by atomic mass is 10.1. The van der Waals surface area contributed by atoms with Crippen molar-refractivity contribution in [3.8, 4) is 0 Å². The molecule has 0 spiro atoms. The molecule has 3 amide bonds. The van der Waals surface area contributed by atoms with Gasteiger partial charge in [0.25, 0.3) is 11.8 Å². The first kappa shape index (κ1) is 17.0. The van der Waals surface area contributed by atoms with Crippen LogP contribution in [-0.2, 0) is 20.7 Å². The molecule has 3 aliphatic rings. The summed E-state index contributed by atoms with van der Waals surface area (Å²) in [5.41, 5.74) is 2.37. The van der Waals surface area contributed by atoms with Crippen molar-refractivity contribution < 1.29 is 19.1 Å². The number of fused-ring (bicyclic) bond motifs is 1. The van der Waals surface area contributed by atoms with Gasteiger partial charge in [-0.25, -0.2) is 0 Å². The zero-order valence-electron chi connectivity index (χ0n) is 14.9. The third-order valence-electron chi connectivity index (χ3n) is 5.49. The minimum absolute atomic E-state index is 0.0426. The molecule has 0 aromatic heterocycles. The maximum absolute atomic E-state index is 12.8. The number of amides is 3. The van der Waals surface area contributed by atoms with Crippen LogP contribution in [0.1, 0.15) is 28.8 Å². The second-order valence-corrected chi connectivity index (χ2v) is 7.09. The van der Waals surface area contributed by atoms with E-state index in [2.05, 4.69) is 0 Å². The van der Waals surface area contributed by atoms with Crippen LogP contribution in [0.4, 0.5) is 5.69 Å². The molecule has 2 saturated heterocycles. The van der Waals surface area contributed by atoms with Crippen molar-refractivity contribution in [1.82, 2.24) is 9.80 Å². The third-order valence-corrected chi connectivity index (χ3v) is 5.49. The highest BCUT2D eigenvalue weighted by molar-refractivity contribution is 6.03. The Hall–Kier alpha value is -2.41. The second-order valence-electron chi connectivity index (χ2n) is 7.09. The van der Waals surface area contributed by atoms with E-state index in [9.17, 15) is 14.4 Å². The highest BCUT2D eigenvalue weighted by Crippen LogP contribution is 2.28.